The van der Waals surface area contributed by atoms with Gasteiger partial charge in [0.25, 0.3) is 0 Å². The van der Waals surface area contributed by atoms with E-state index in [9.17, 15) is 13.2 Å². The quantitative estimate of drug-likeness (QED) is 0.512. The van der Waals surface area contributed by atoms with Gasteiger partial charge in [0, 0.05) is 11.4 Å². The van der Waals surface area contributed by atoms with Gasteiger partial charge < -0.3 is 5.32 Å². The Bertz CT molecular complexity index is 430. The molecule has 0 aromatic heterocycles. The minimum absolute atomic E-state index is 0.264. The molecule has 0 bridgehead atoms. The van der Waals surface area contributed by atoms with Crippen molar-refractivity contribution < 1.29 is 13.2 Å². The van der Waals surface area contributed by atoms with Crippen molar-refractivity contribution >= 4 is 11.8 Å². The van der Waals surface area contributed by atoms with Gasteiger partial charge in [0.05, 0.1) is 5.56 Å². The Morgan fingerprint density at radius 2 is 1.95 bits per heavy atom. The Labute approximate surface area is 129 Å². The van der Waals surface area contributed by atoms with Gasteiger partial charge >= 0.3 is 6.18 Å². The van der Waals surface area contributed by atoms with Crippen LogP contribution in [-0.4, -0.2) is 12.3 Å². The molecule has 1 N–H and O–H groups in total. The van der Waals surface area contributed by atoms with Crippen LogP contribution in [0.3, 0.4) is 0 Å². The van der Waals surface area contributed by atoms with E-state index >= 15 is 0 Å². The van der Waals surface area contributed by atoms with Crippen LogP contribution in [0, 0.1) is 5.92 Å². The van der Waals surface area contributed by atoms with Crippen molar-refractivity contribution in [3.05, 3.63) is 29.3 Å². The van der Waals surface area contributed by atoms with Crippen molar-refractivity contribution in [1.82, 2.24) is 5.32 Å². The molecular formula is C16H24F3NS. The summed E-state index contributed by atoms with van der Waals surface area (Å²) in [5.74, 6) is 1.42. The monoisotopic (exact) mass is 319 g/mol. The normalized spacial score (nSPS) is 12.1. The van der Waals surface area contributed by atoms with Gasteiger partial charge in [0.15, 0.2) is 0 Å². The molecule has 21 heavy (non-hydrogen) atoms. The topological polar surface area (TPSA) is 12.0 Å². The van der Waals surface area contributed by atoms with E-state index in [4.69, 9.17) is 0 Å². The van der Waals surface area contributed by atoms with Crippen LogP contribution >= 0.6 is 11.8 Å². The third-order valence-corrected chi connectivity index (χ3v) is 4.12. The predicted molar refractivity (Wildman–Crippen MR) is 83.6 cm³/mol. The molecule has 1 aromatic rings. The Hall–Kier alpha value is -0.680. The highest BCUT2D eigenvalue weighted by Gasteiger charge is 2.33. The summed E-state index contributed by atoms with van der Waals surface area (Å²) in [6, 6.07) is 4.68. The first-order valence-corrected chi connectivity index (χ1v) is 8.36. The Morgan fingerprint density at radius 3 is 2.52 bits per heavy atom. The van der Waals surface area contributed by atoms with Crippen LogP contribution in [0.4, 0.5) is 13.2 Å². The van der Waals surface area contributed by atoms with E-state index in [1.165, 1.54) is 17.8 Å². The molecule has 1 nitrogen and oxygen atoms in total. The van der Waals surface area contributed by atoms with E-state index in [1.54, 1.807) is 12.1 Å². The van der Waals surface area contributed by atoms with Gasteiger partial charge in [-0.1, -0.05) is 26.8 Å². The van der Waals surface area contributed by atoms with Crippen LogP contribution in [0.25, 0.3) is 0 Å². The molecule has 0 radical (unpaired) electrons. The maximum Gasteiger partial charge on any atom is 0.416 e. The predicted octanol–water partition coefficient (Wildman–Crippen LogP) is 5.34. The lowest BCUT2D eigenvalue weighted by atomic mass is 10.1. The molecule has 0 unspecified atom stereocenters. The lowest BCUT2D eigenvalue weighted by Gasteiger charge is -2.15. The summed E-state index contributed by atoms with van der Waals surface area (Å²) >= 11 is 1.50. The number of hydrogen-bond acceptors (Lipinski definition) is 2. The van der Waals surface area contributed by atoms with Crippen LogP contribution in [0.15, 0.2) is 23.1 Å². The largest absolute Gasteiger partial charge is 0.416 e. The second kappa shape index (κ2) is 8.69. The highest BCUT2D eigenvalue weighted by molar-refractivity contribution is 7.99. The number of alkyl halides is 3. The minimum Gasteiger partial charge on any atom is -0.313 e. The molecule has 1 rings (SSSR count). The van der Waals surface area contributed by atoms with Crippen molar-refractivity contribution in [3.63, 3.8) is 0 Å². The van der Waals surface area contributed by atoms with E-state index in [-0.39, 0.29) is 6.54 Å². The summed E-state index contributed by atoms with van der Waals surface area (Å²) in [4.78, 5) is 0.696. The zero-order valence-electron chi connectivity index (χ0n) is 12.9. The Kier molecular flexibility index (Phi) is 7.60. The van der Waals surface area contributed by atoms with Crippen LogP contribution in [-0.2, 0) is 12.7 Å². The number of thioether (sulfide) groups is 1. The molecule has 1 aromatic carbocycles. The maximum absolute atomic E-state index is 13.2. The standard InChI is InChI=1S/C16H24F3NS/c1-4-8-20-11-13-5-6-14(21-9-7-12(2)3)10-15(13)16(17,18)19/h5-6,10,12,20H,4,7-9,11H2,1-3H3. The van der Waals surface area contributed by atoms with Gasteiger partial charge in [-0.3, -0.25) is 0 Å². The first-order valence-electron chi connectivity index (χ1n) is 7.38. The molecule has 120 valence electrons. The molecular weight excluding hydrogens is 295 g/mol. The van der Waals surface area contributed by atoms with E-state index in [0.717, 1.165) is 25.1 Å². The van der Waals surface area contributed by atoms with Gasteiger partial charge in [-0.05, 0) is 48.8 Å². The van der Waals surface area contributed by atoms with Gasteiger partial charge in [0.1, 0.15) is 0 Å². The van der Waals surface area contributed by atoms with Crippen LogP contribution in [0.2, 0.25) is 0 Å². The maximum atomic E-state index is 13.2. The molecule has 0 fully saturated rings. The highest BCUT2D eigenvalue weighted by Crippen LogP contribution is 2.35. The van der Waals surface area contributed by atoms with Crippen molar-refractivity contribution in [2.24, 2.45) is 5.92 Å². The van der Waals surface area contributed by atoms with Crippen LogP contribution in [0.1, 0.15) is 44.7 Å². The summed E-state index contributed by atoms with van der Waals surface area (Å²) in [5.41, 5.74) is -0.190. The summed E-state index contributed by atoms with van der Waals surface area (Å²) < 4.78 is 39.5. The third kappa shape index (κ3) is 6.74. The average molecular weight is 319 g/mol. The number of rotatable bonds is 8. The van der Waals surface area contributed by atoms with Gasteiger partial charge in [-0.15, -0.1) is 11.8 Å². The highest BCUT2D eigenvalue weighted by atomic mass is 32.2. The first-order chi connectivity index (χ1) is 9.84. The minimum atomic E-state index is -4.29. The second-order valence-electron chi connectivity index (χ2n) is 5.52. The van der Waals surface area contributed by atoms with E-state index in [1.807, 2.05) is 6.92 Å². The average Bonchev–Trinajstić information content (AvgIpc) is 2.38. The third-order valence-electron chi connectivity index (χ3n) is 3.09. The fourth-order valence-corrected chi connectivity index (χ4v) is 3.07. The first kappa shape index (κ1) is 18.4. The molecule has 0 heterocycles. The van der Waals surface area contributed by atoms with Gasteiger partial charge in [0.2, 0.25) is 0 Å². The van der Waals surface area contributed by atoms with Crippen molar-refractivity contribution in [3.8, 4) is 0 Å². The molecule has 0 saturated heterocycles. The summed E-state index contributed by atoms with van der Waals surface area (Å²) in [6.45, 7) is 7.21. The zero-order chi connectivity index (χ0) is 15.9. The lowest BCUT2D eigenvalue weighted by Crippen LogP contribution is -2.18. The zero-order valence-corrected chi connectivity index (χ0v) is 13.7. The molecule has 0 saturated carbocycles. The smallest absolute Gasteiger partial charge is 0.313 e. The fourth-order valence-electron chi connectivity index (χ4n) is 1.88. The number of benzene rings is 1. The summed E-state index contributed by atoms with van der Waals surface area (Å²) in [7, 11) is 0. The molecule has 0 spiro atoms. The SMILES string of the molecule is CCCNCc1ccc(SCCC(C)C)cc1C(F)(F)F. The van der Waals surface area contributed by atoms with Crippen LogP contribution < -0.4 is 5.32 Å². The van der Waals surface area contributed by atoms with Crippen LogP contribution in [0.5, 0.6) is 0 Å². The summed E-state index contributed by atoms with van der Waals surface area (Å²) in [5, 5.41) is 3.03. The molecule has 0 aliphatic heterocycles. The van der Waals surface area contributed by atoms with E-state index < -0.39 is 11.7 Å². The number of hydrogen-bond donors (Lipinski definition) is 1. The molecule has 0 aliphatic rings. The van der Waals surface area contributed by atoms with Crippen molar-refractivity contribution in [2.75, 3.05) is 12.3 Å². The fraction of sp³-hybridized carbons (Fsp3) is 0.625. The number of nitrogens with one attached hydrogen (secondary N) is 1. The van der Waals surface area contributed by atoms with Crippen molar-refractivity contribution in [1.29, 1.82) is 0 Å². The molecule has 5 heteroatoms. The second-order valence-corrected chi connectivity index (χ2v) is 6.69. The van der Waals surface area contributed by atoms with Gasteiger partial charge in [-0.25, -0.2) is 0 Å². The molecule has 0 amide bonds. The summed E-state index contributed by atoms with van der Waals surface area (Å²) in [6.07, 6.45) is -2.38. The lowest BCUT2D eigenvalue weighted by molar-refractivity contribution is -0.138. The Morgan fingerprint density at radius 1 is 1.24 bits per heavy atom. The Balaban J connectivity index is 2.81. The molecule has 0 aliphatic carbocycles. The number of halogens is 3. The van der Waals surface area contributed by atoms with Crippen molar-refractivity contribution in [2.45, 2.75) is 51.2 Å². The molecule has 0 atom stereocenters. The van der Waals surface area contributed by atoms with E-state index in [2.05, 4.69) is 19.2 Å². The van der Waals surface area contributed by atoms with Gasteiger partial charge in [-0.2, -0.15) is 13.2 Å². The van der Waals surface area contributed by atoms with E-state index in [0.29, 0.717) is 16.4 Å².